The molecule has 0 aliphatic heterocycles. The lowest BCUT2D eigenvalue weighted by Gasteiger charge is -2.09. The number of carbonyl (C=O) groups is 1. The number of benzene rings is 1. The molecule has 0 bridgehead atoms. The number of ether oxygens (including phenoxy) is 1. The van der Waals surface area contributed by atoms with E-state index >= 15 is 0 Å². The minimum absolute atomic E-state index is 0.355. The molecule has 0 heterocycles. The van der Waals surface area contributed by atoms with Gasteiger partial charge in [-0.2, -0.15) is 0 Å². The van der Waals surface area contributed by atoms with Crippen LogP contribution < -0.4 is 10.1 Å². The molecule has 0 unspecified atom stereocenters. The summed E-state index contributed by atoms with van der Waals surface area (Å²) in [4.78, 5) is 10.7. The van der Waals surface area contributed by atoms with Crippen molar-refractivity contribution < 1.29 is 14.6 Å². The molecule has 0 radical (unpaired) electrons. The lowest BCUT2D eigenvalue weighted by atomic mass is 10.2. The van der Waals surface area contributed by atoms with E-state index in [1.54, 1.807) is 12.1 Å². The van der Waals surface area contributed by atoms with Crippen molar-refractivity contribution in [1.29, 1.82) is 0 Å². The topological polar surface area (TPSA) is 58.6 Å². The van der Waals surface area contributed by atoms with E-state index in [1.165, 1.54) is 0 Å². The summed E-state index contributed by atoms with van der Waals surface area (Å²) in [5, 5.41) is 11.6. The molecule has 0 aliphatic rings. The van der Waals surface area contributed by atoms with Gasteiger partial charge in [0.25, 0.3) is 0 Å². The lowest BCUT2D eigenvalue weighted by Crippen LogP contribution is -2.30. The monoisotopic (exact) mass is 243 g/mol. The molecule has 1 aromatic carbocycles. The fraction of sp³-hybridized carbons (Fsp3) is 0.364. The summed E-state index contributed by atoms with van der Waals surface area (Å²) in [5.74, 6) is 0.332. The Morgan fingerprint density at radius 3 is 2.94 bits per heavy atom. The Balaban J connectivity index is 2.35. The molecule has 5 heteroatoms. The number of hydrogen-bond acceptors (Lipinski definition) is 3. The van der Waals surface area contributed by atoms with Crippen LogP contribution in [0, 0.1) is 6.92 Å². The average Bonchev–Trinajstić information content (AvgIpc) is 2.26. The van der Waals surface area contributed by atoms with E-state index in [0.29, 0.717) is 18.2 Å². The number of hydrogen-bond donors (Lipinski definition) is 2. The van der Waals surface area contributed by atoms with E-state index in [4.69, 9.17) is 21.4 Å². The van der Waals surface area contributed by atoms with Gasteiger partial charge in [0.05, 0.1) is 6.54 Å². The maximum atomic E-state index is 10.7. The van der Waals surface area contributed by atoms with E-state index in [1.807, 2.05) is 13.0 Å². The normalized spacial score (nSPS) is 9.94. The molecule has 4 nitrogen and oxygen atoms in total. The van der Waals surface area contributed by atoms with Gasteiger partial charge in [-0.3, -0.25) is 4.79 Å². The highest BCUT2D eigenvalue weighted by Gasteiger charge is 2.01. The number of aliphatic hydroxyl groups excluding tert-OH is 1. The molecule has 1 amide bonds. The molecule has 0 fully saturated rings. The predicted molar refractivity (Wildman–Crippen MR) is 61.8 cm³/mol. The maximum Gasteiger partial charge on any atom is 0.245 e. The van der Waals surface area contributed by atoms with Crippen molar-refractivity contribution in [2.75, 3.05) is 19.8 Å². The number of amides is 1. The first-order chi connectivity index (χ1) is 7.63. The summed E-state index contributed by atoms with van der Waals surface area (Å²) < 4.78 is 5.43. The second kappa shape index (κ2) is 6.35. The third-order valence-corrected chi connectivity index (χ3v) is 2.20. The van der Waals surface area contributed by atoms with Crippen molar-refractivity contribution in [3.8, 4) is 5.75 Å². The van der Waals surface area contributed by atoms with Gasteiger partial charge in [-0.1, -0.05) is 11.6 Å². The van der Waals surface area contributed by atoms with Crippen LogP contribution in [0.5, 0.6) is 5.75 Å². The Labute approximate surface area is 99.2 Å². The summed E-state index contributed by atoms with van der Waals surface area (Å²) in [5.41, 5.74) is 0.945. The standard InChI is InChI=1S/C11H14ClNO3/c1-8-6-9(12)2-3-10(8)16-5-4-13-11(15)7-14/h2-3,6,14H,4-5,7H2,1H3,(H,13,15). The first kappa shape index (κ1) is 12.8. The predicted octanol–water partition coefficient (Wildman–Crippen LogP) is 1.14. The quantitative estimate of drug-likeness (QED) is 0.763. The third-order valence-electron chi connectivity index (χ3n) is 1.96. The summed E-state index contributed by atoms with van der Waals surface area (Å²) in [6.07, 6.45) is 0. The van der Waals surface area contributed by atoms with Gasteiger partial charge in [0.15, 0.2) is 0 Å². The maximum absolute atomic E-state index is 10.7. The number of halogens is 1. The number of nitrogens with one attached hydrogen (secondary N) is 1. The van der Waals surface area contributed by atoms with E-state index in [-0.39, 0.29) is 0 Å². The van der Waals surface area contributed by atoms with Crippen molar-refractivity contribution in [2.24, 2.45) is 0 Å². The first-order valence-corrected chi connectivity index (χ1v) is 5.28. The zero-order valence-corrected chi connectivity index (χ0v) is 9.75. The fourth-order valence-electron chi connectivity index (χ4n) is 1.18. The Hall–Kier alpha value is -1.26. The molecule has 0 aliphatic carbocycles. The number of rotatable bonds is 5. The molecule has 0 atom stereocenters. The summed E-state index contributed by atoms with van der Waals surface area (Å²) in [7, 11) is 0. The average molecular weight is 244 g/mol. The van der Waals surface area contributed by atoms with Crippen LogP contribution in [0.3, 0.4) is 0 Å². The first-order valence-electron chi connectivity index (χ1n) is 4.90. The smallest absolute Gasteiger partial charge is 0.245 e. The minimum atomic E-state index is -0.500. The van der Waals surface area contributed by atoms with Gasteiger partial charge in [-0.05, 0) is 30.7 Å². The van der Waals surface area contributed by atoms with Crippen LogP contribution in [0.25, 0.3) is 0 Å². The number of carbonyl (C=O) groups excluding carboxylic acids is 1. The molecule has 16 heavy (non-hydrogen) atoms. The Morgan fingerprint density at radius 2 is 2.31 bits per heavy atom. The van der Waals surface area contributed by atoms with Gasteiger partial charge in [-0.15, -0.1) is 0 Å². The largest absolute Gasteiger partial charge is 0.491 e. The Kier molecular flexibility index (Phi) is 5.08. The zero-order chi connectivity index (χ0) is 12.0. The van der Waals surface area contributed by atoms with Crippen LogP contribution >= 0.6 is 11.6 Å². The summed E-state index contributed by atoms with van der Waals surface area (Å²) >= 11 is 5.80. The summed E-state index contributed by atoms with van der Waals surface area (Å²) in [6.45, 7) is 2.11. The molecule has 88 valence electrons. The number of aliphatic hydroxyl groups is 1. The highest BCUT2D eigenvalue weighted by Crippen LogP contribution is 2.21. The summed E-state index contributed by atoms with van der Waals surface area (Å²) in [6, 6.07) is 5.34. The van der Waals surface area contributed by atoms with E-state index in [9.17, 15) is 4.79 Å². The molecule has 0 spiro atoms. The number of aryl methyl sites for hydroxylation is 1. The molecule has 2 N–H and O–H groups in total. The van der Waals surface area contributed by atoms with E-state index in [0.717, 1.165) is 11.3 Å². The van der Waals surface area contributed by atoms with Crippen molar-refractivity contribution in [3.63, 3.8) is 0 Å². The van der Waals surface area contributed by atoms with E-state index in [2.05, 4.69) is 5.32 Å². The van der Waals surface area contributed by atoms with Gasteiger partial charge in [0, 0.05) is 5.02 Å². The van der Waals surface area contributed by atoms with Gasteiger partial charge in [-0.25, -0.2) is 0 Å². The van der Waals surface area contributed by atoms with Crippen LogP contribution in [-0.4, -0.2) is 30.8 Å². The minimum Gasteiger partial charge on any atom is -0.491 e. The fourth-order valence-corrected chi connectivity index (χ4v) is 1.41. The highest BCUT2D eigenvalue weighted by atomic mass is 35.5. The van der Waals surface area contributed by atoms with Crippen molar-refractivity contribution >= 4 is 17.5 Å². The SMILES string of the molecule is Cc1cc(Cl)ccc1OCCNC(=O)CO. The molecule has 0 aromatic heterocycles. The van der Waals surface area contributed by atoms with Crippen LogP contribution in [-0.2, 0) is 4.79 Å². The molecular formula is C11H14ClNO3. The highest BCUT2D eigenvalue weighted by molar-refractivity contribution is 6.30. The molecule has 0 saturated carbocycles. The van der Waals surface area contributed by atoms with Crippen LogP contribution in [0.4, 0.5) is 0 Å². The van der Waals surface area contributed by atoms with Crippen molar-refractivity contribution in [3.05, 3.63) is 28.8 Å². The molecule has 1 aromatic rings. The third kappa shape index (κ3) is 4.08. The van der Waals surface area contributed by atoms with Crippen molar-refractivity contribution in [1.82, 2.24) is 5.32 Å². The van der Waals surface area contributed by atoms with Gasteiger partial charge in [0.1, 0.15) is 19.0 Å². The van der Waals surface area contributed by atoms with E-state index < -0.39 is 12.5 Å². The van der Waals surface area contributed by atoms with Gasteiger partial charge in [0.2, 0.25) is 5.91 Å². The van der Waals surface area contributed by atoms with Gasteiger partial charge < -0.3 is 15.2 Å². The lowest BCUT2D eigenvalue weighted by molar-refractivity contribution is -0.123. The zero-order valence-electron chi connectivity index (χ0n) is 9.00. The molecule has 1 rings (SSSR count). The van der Waals surface area contributed by atoms with Gasteiger partial charge >= 0.3 is 0 Å². The van der Waals surface area contributed by atoms with Crippen LogP contribution in [0.1, 0.15) is 5.56 Å². The van der Waals surface area contributed by atoms with Crippen molar-refractivity contribution in [2.45, 2.75) is 6.92 Å². The second-order valence-electron chi connectivity index (χ2n) is 3.27. The van der Waals surface area contributed by atoms with Crippen LogP contribution in [0.15, 0.2) is 18.2 Å². The van der Waals surface area contributed by atoms with Crippen LogP contribution in [0.2, 0.25) is 5.02 Å². The molecule has 0 saturated heterocycles. The Bertz CT molecular complexity index is 368. The second-order valence-corrected chi connectivity index (χ2v) is 3.70. The Morgan fingerprint density at radius 1 is 1.56 bits per heavy atom. The molecular weight excluding hydrogens is 230 g/mol.